The van der Waals surface area contributed by atoms with E-state index in [0.717, 1.165) is 43.1 Å². The summed E-state index contributed by atoms with van der Waals surface area (Å²) < 4.78 is 17.0. The molecule has 1 saturated heterocycles. The van der Waals surface area contributed by atoms with E-state index in [9.17, 15) is 0 Å². The third kappa shape index (κ3) is 5.17. The van der Waals surface area contributed by atoms with Gasteiger partial charge < -0.3 is 9.31 Å². The van der Waals surface area contributed by atoms with Gasteiger partial charge in [0.25, 0.3) is 0 Å². The van der Waals surface area contributed by atoms with Gasteiger partial charge in [-0.3, -0.25) is 9.97 Å². The maximum atomic E-state index is 6.13. The number of pyridine rings is 2. The standard InChI is InChI=1S/C18H20BN3O2.C12H8BrN3/c1-17(2)18(3,4)24-19(23-17)14-7-8-16-13(10-14)12-22(21-16)15-6-5-9-20-11-15;13-10-3-4-12-9(6-10)8-16(15-12)11-2-1-5-14-7-11/h5-12H,1-4H3;1-8H. The van der Waals surface area contributed by atoms with Crippen LogP contribution in [0.15, 0.2) is 102 Å². The summed E-state index contributed by atoms with van der Waals surface area (Å²) in [6, 6.07) is 19.9. The van der Waals surface area contributed by atoms with Crippen LogP contribution in [0.25, 0.3) is 33.2 Å². The third-order valence-corrected chi connectivity index (χ3v) is 7.83. The van der Waals surface area contributed by atoms with E-state index in [1.54, 1.807) is 24.8 Å². The van der Waals surface area contributed by atoms with E-state index in [-0.39, 0.29) is 18.3 Å². The molecule has 4 aromatic heterocycles. The highest BCUT2D eigenvalue weighted by Crippen LogP contribution is 2.36. The number of aromatic nitrogens is 6. The van der Waals surface area contributed by atoms with Crippen LogP contribution in [0.3, 0.4) is 0 Å². The van der Waals surface area contributed by atoms with Crippen LogP contribution in [-0.2, 0) is 9.31 Å². The van der Waals surface area contributed by atoms with Gasteiger partial charge in [-0.2, -0.15) is 10.2 Å². The highest BCUT2D eigenvalue weighted by molar-refractivity contribution is 9.10. The molecule has 0 amide bonds. The maximum Gasteiger partial charge on any atom is 0.494 e. The highest BCUT2D eigenvalue weighted by atomic mass is 79.9. The molecule has 0 aliphatic carbocycles. The summed E-state index contributed by atoms with van der Waals surface area (Å²) in [6.45, 7) is 8.25. The zero-order chi connectivity index (χ0) is 27.9. The van der Waals surface area contributed by atoms with Crippen LogP contribution in [0.4, 0.5) is 0 Å². The first kappa shape index (κ1) is 26.4. The van der Waals surface area contributed by atoms with Crippen LogP contribution in [-0.4, -0.2) is 47.8 Å². The Labute approximate surface area is 241 Å². The Hall–Kier alpha value is -3.86. The Bertz CT molecular complexity index is 1770. The molecule has 7 rings (SSSR count). The summed E-state index contributed by atoms with van der Waals surface area (Å²) >= 11 is 3.45. The van der Waals surface area contributed by atoms with E-state index < -0.39 is 0 Å². The minimum Gasteiger partial charge on any atom is -0.399 e. The van der Waals surface area contributed by atoms with Gasteiger partial charge in [0.2, 0.25) is 0 Å². The lowest BCUT2D eigenvalue weighted by molar-refractivity contribution is 0.00578. The lowest BCUT2D eigenvalue weighted by atomic mass is 9.79. The molecule has 5 heterocycles. The zero-order valence-electron chi connectivity index (χ0n) is 22.7. The summed E-state index contributed by atoms with van der Waals surface area (Å²) in [5.41, 5.74) is 4.14. The minimum atomic E-state index is -0.360. The predicted octanol–water partition coefficient (Wildman–Crippen LogP) is 5.90. The van der Waals surface area contributed by atoms with Crippen molar-refractivity contribution in [1.29, 1.82) is 0 Å². The average molecular weight is 595 g/mol. The van der Waals surface area contributed by atoms with Crippen LogP contribution < -0.4 is 5.46 Å². The Kier molecular flexibility index (Phi) is 6.78. The van der Waals surface area contributed by atoms with Crippen molar-refractivity contribution in [3.8, 4) is 11.4 Å². The van der Waals surface area contributed by atoms with Gasteiger partial charge in [-0.05, 0) is 81.7 Å². The molecule has 0 radical (unpaired) electrons. The van der Waals surface area contributed by atoms with Crippen molar-refractivity contribution < 1.29 is 9.31 Å². The van der Waals surface area contributed by atoms with Crippen LogP contribution >= 0.6 is 15.9 Å². The maximum absolute atomic E-state index is 6.13. The van der Waals surface area contributed by atoms with Crippen molar-refractivity contribution in [3.63, 3.8) is 0 Å². The lowest BCUT2D eigenvalue weighted by Crippen LogP contribution is -2.41. The van der Waals surface area contributed by atoms with Gasteiger partial charge in [0, 0.05) is 40.0 Å². The van der Waals surface area contributed by atoms with Gasteiger partial charge >= 0.3 is 7.12 Å². The van der Waals surface area contributed by atoms with E-state index in [4.69, 9.17) is 9.31 Å². The Morgan fingerprint density at radius 1 is 0.700 bits per heavy atom. The minimum absolute atomic E-state index is 0.341. The van der Waals surface area contributed by atoms with Gasteiger partial charge in [0.1, 0.15) is 0 Å². The second-order valence-corrected chi connectivity index (χ2v) is 11.6. The number of hydrogen-bond acceptors (Lipinski definition) is 6. The molecule has 0 spiro atoms. The zero-order valence-corrected chi connectivity index (χ0v) is 24.3. The van der Waals surface area contributed by atoms with Crippen molar-refractivity contribution in [2.24, 2.45) is 0 Å². The molecule has 0 N–H and O–H groups in total. The van der Waals surface area contributed by atoms with E-state index in [0.29, 0.717) is 0 Å². The van der Waals surface area contributed by atoms with Gasteiger partial charge in [-0.15, -0.1) is 0 Å². The van der Waals surface area contributed by atoms with Gasteiger partial charge in [0.05, 0.1) is 46.0 Å². The highest BCUT2D eigenvalue weighted by Gasteiger charge is 2.51. The molecule has 0 saturated carbocycles. The summed E-state index contributed by atoms with van der Waals surface area (Å²) in [5, 5.41) is 11.2. The fourth-order valence-corrected chi connectivity index (χ4v) is 4.79. The van der Waals surface area contributed by atoms with E-state index >= 15 is 0 Å². The molecule has 40 heavy (non-hydrogen) atoms. The topological polar surface area (TPSA) is 79.9 Å². The monoisotopic (exact) mass is 594 g/mol. The van der Waals surface area contributed by atoms with Gasteiger partial charge in [-0.1, -0.05) is 28.1 Å². The molecule has 10 heteroatoms. The molecule has 6 aromatic rings. The molecule has 0 bridgehead atoms. The fraction of sp³-hybridized carbons (Fsp3) is 0.200. The molecule has 0 atom stereocenters. The predicted molar refractivity (Wildman–Crippen MR) is 161 cm³/mol. The number of hydrogen-bond donors (Lipinski definition) is 0. The number of halogens is 1. The van der Waals surface area contributed by atoms with Crippen LogP contribution in [0, 0.1) is 0 Å². The van der Waals surface area contributed by atoms with E-state index in [2.05, 4.69) is 75.9 Å². The number of nitrogens with zero attached hydrogens (tertiary/aromatic N) is 6. The van der Waals surface area contributed by atoms with Crippen molar-refractivity contribution in [2.75, 3.05) is 0 Å². The molecule has 1 aliphatic heterocycles. The second kappa shape index (κ2) is 10.3. The molecule has 1 aliphatic rings. The second-order valence-electron chi connectivity index (χ2n) is 10.7. The van der Waals surface area contributed by atoms with E-state index in [1.807, 2.05) is 70.3 Å². The fourth-order valence-electron chi connectivity index (χ4n) is 4.41. The Balaban J connectivity index is 0.000000157. The van der Waals surface area contributed by atoms with E-state index in [1.165, 1.54) is 0 Å². The molecule has 0 unspecified atom stereocenters. The summed E-state index contributed by atoms with van der Waals surface area (Å²) in [5.74, 6) is 0. The summed E-state index contributed by atoms with van der Waals surface area (Å²) in [6.07, 6.45) is 11.1. The molecule has 200 valence electrons. The molecular formula is C30H28BBrN6O2. The van der Waals surface area contributed by atoms with Crippen LogP contribution in [0.2, 0.25) is 0 Å². The van der Waals surface area contributed by atoms with Crippen LogP contribution in [0.1, 0.15) is 27.7 Å². The third-order valence-electron chi connectivity index (χ3n) is 7.34. The quantitative estimate of drug-likeness (QED) is 0.237. The average Bonchev–Trinajstić information content (AvgIpc) is 3.62. The molecular weight excluding hydrogens is 567 g/mol. The normalized spacial score (nSPS) is 15.8. The SMILES string of the molecule is Brc1ccc2nn(-c3cccnc3)cc2c1.CC1(C)OB(c2ccc3nn(-c4cccnc4)cc3c2)OC1(C)C. The number of benzene rings is 2. The summed E-state index contributed by atoms with van der Waals surface area (Å²) in [4.78, 5) is 8.22. The number of fused-ring (bicyclic) bond motifs is 2. The van der Waals surface area contributed by atoms with Crippen molar-refractivity contribution >= 4 is 50.3 Å². The van der Waals surface area contributed by atoms with Crippen LogP contribution in [0.5, 0.6) is 0 Å². The smallest absolute Gasteiger partial charge is 0.399 e. The summed E-state index contributed by atoms with van der Waals surface area (Å²) in [7, 11) is -0.360. The Morgan fingerprint density at radius 3 is 1.75 bits per heavy atom. The largest absolute Gasteiger partial charge is 0.494 e. The molecule has 1 fully saturated rings. The number of rotatable bonds is 3. The molecule has 2 aromatic carbocycles. The van der Waals surface area contributed by atoms with Gasteiger partial charge in [-0.25, -0.2) is 9.36 Å². The van der Waals surface area contributed by atoms with Crippen molar-refractivity contribution in [2.45, 2.75) is 38.9 Å². The Morgan fingerprint density at radius 2 is 1.23 bits per heavy atom. The van der Waals surface area contributed by atoms with Crippen molar-refractivity contribution in [3.05, 3.63) is 102 Å². The molecule has 8 nitrogen and oxygen atoms in total. The first-order valence-corrected chi connectivity index (χ1v) is 13.8. The lowest BCUT2D eigenvalue weighted by Gasteiger charge is -2.32. The van der Waals surface area contributed by atoms with Crippen molar-refractivity contribution in [1.82, 2.24) is 29.5 Å². The first-order valence-electron chi connectivity index (χ1n) is 13.0. The van der Waals surface area contributed by atoms with Gasteiger partial charge in [0.15, 0.2) is 0 Å². The first-order chi connectivity index (χ1) is 19.2.